The summed E-state index contributed by atoms with van der Waals surface area (Å²) < 4.78 is 8.70. The number of aromatic nitrogens is 2. The standard InChI is InChI=1S/C16H21BrN2O2/c1-4-11(2)19-8-7-14(18-19)10-21-16-9-13(17)5-6-15(16)12(3)20/h5-9,11-12,20H,4,10H2,1-3H3. The van der Waals surface area contributed by atoms with E-state index in [-0.39, 0.29) is 0 Å². The first-order valence-electron chi connectivity index (χ1n) is 7.15. The first-order valence-corrected chi connectivity index (χ1v) is 7.95. The van der Waals surface area contributed by atoms with Gasteiger partial charge in [-0.3, -0.25) is 4.68 Å². The number of hydrogen-bond donors (Lipinski definition) is 1. The molecule has 1 heterocycles. The molecule has 0 aliphatic rings. The van der Waals surface area contributed by atoms with Gasteiger partial charge in [0.05, 0.1) is 11.8 Å². The predicted molar refractivity (Wildman–Crippen MR) is 86.3 cm³/mol. The zero-order valence-electron chi connectivity index (χ0n) is 12.6. The van der Waals surface area contributed by atoms with E-state index < -0.39 is 6.10 Å². The Labute approximate surface area is 133 Å². The van der Waals surface area contributed by atoms with Crippen LogP contribution in [0.4, 0.5) is 0 Å². The van der Waals surface area contributed by atoms with Crippen LogP contribution in [-0.4, -0.2) is 14.9 Å². The molecule has 0 aliphatic heterocycles. The average molecular weight is 353 g/mol. The van der Waals surface area contributed by atoms with Crippen LogP contribution < -0.4 is 4.74 Å². The zero-order chi connectivity index (χ0) is 15.4. The monoisotopic (exact) mass is 352 g/mol. The lowest BCUT2D eigenvalue weighted by atomic mass is 10.1. The highest BCUT2D eigenvalue weighted by molar-refractivity contribution is 9.10. The molecule has 1 aromatic carbocycles. The second-order valence-corrected chi connectivity index (χ2v) is 6.11. The van der Waals surface area contributed by atoms with Crippen molar-refractivity contribution in [1.82, 2.24) is 9.78 Å². The molecule has 2 rings (SSSR count). The highest BCUT2D eigenvalue weighted by Gasteiger charge is 2.11. The second-order valence-electron chi connectivity index (χ2n) is 5.19. The molecule has 0 bridgehead atoms. The molecule has 0 saturated carbocycles. The van der Waals surface area contributed by atoms with Gasteiger partial charge in [0.2, 0.25) is 0 Å². The van der Waals surface area contributed by atoms with Crippen LogP contribution in [0, 0.1) is 0 Å². The number of aliphatic hydroxyl groups is 1. The SMILES string of the molecule is CCC(C)n1ccc(COc2cc(Br)ccc2C(C)O)n1. The van der Waals surface area contributed by atoms with E-state index in [4.69, 9.17) is 4.74 Å². The average Bonchev–Trinajstić information content (AvgIpc) is 2.93. The molecule has 0 radical (unpaired) electrons. The first-order chi connectivity index (χ1) is 10.0. The second kappa shape index (κ2) is 7.09. The van der Waals surface area contributed by atoms with Crippen LogP contribution in [0.1, 0.15) is 50.6 Å². The topological polar surface area (TPSA) is 47.3 Å². The van der Waals surface area contributed by atoms with Crippen LogP contribution in [0.25, 0.3) is 0 Å². The zero-order valence-corrected chi connectivity index (χ0v) is 14.2. The van der Waals surface area contributed by atoms with Crippen molar-refractivity contribution >= 4 is 15.9 Å². The van der Waals surface area contributed by atoms with Gasteiger partial charge in [0.1, 0.15) is 12.4 Å². The molecule has 0 amide bonds. The number of aliphatic hydroxyl groups excluding tert-OH is 1. The number of benzene rings is 1. The van der Waals surface area contributed by atoms with E-state index >= 15 is 0 Å². The molecule has 114 valence electrons. The van der Waals surface area contributed by atoms with Gasteiger partial charge in [-0.05, 0) is 38.5 Å². The predicted octanol–water partition coefficient (Wildman–Crippen LogP) is 4.25. The lowest BCUT2D eigenvalue weighted by Crippen LogP contribution is -2.06. The maximum atomic E-state index is 9.79. The van der Waals surface area contributed by atoms with E-state index in [0.29, 0.717) is 18.4 Å². The molecule has 0 saturated heterocycles. The van der Waals surface area contributed by atoms with E-state index in [1.54, 1.807) is 6.92 Å². The number of rotatable bonds is 6. The maximum absolute atomic E-state index is 9.79. The molecule has 0 fully saturated rings. The number of ether oxygens (including phenoxy) is 1. The summed E-state index contributed by atoms with van der Waals surface area (Å²) in [5, 5.41) is 14.3. The Morgan fingerprint density at radius 2 is 2.10 bits per heavy atom. The molecule has 5 heteroatoms. The van der Waals surface area contributed by atoms with Crippen molar-refractivity contribution in [3.63, 3.8) is 0 Å². The minimum absolute atomic E-state index is 0.387. The summed E-state index contributed by atoms with van der Waals surface area (Å²) >= 11 is 3.42. The van der Waals surface area contributed by atoms with E-state index in [1.165, 1.54) is 0 Å². The summed E-state index contributed by atoms with van der Waals surface area (Å²) in [6.45, 7) is 6.39. The Hall–Kier alpha value is -1.33. The Bertz CT molecular complexity index is 596. The van der Waals surface area contributed by atoms with E-state index in [2.05, 4.69) is 34.9 Å². The Morgan fingerprint density at radius 1 is 1.33 bits per heavy atom. The molecule has 2 aromatic rings. The molecule has 0 aliphatic carbocycles. The molecule has 2 unspecified atom stereocenters. The summed E-state index contributed by atoms with van der Waals surface area (Å²) in [7, 11) is 0. The van der Waals surface area contributed by atoms with Crippen molar-refractivity contribution in [3.8, 4) is 5.75 Å². The van der Waals surface area contributed by atoms with Crippen molar-refractivity contribution in [1.29, 1.82) is 0 Å². The van der Waals surface area contributed by atoms with Crippen LogP contribution in [0.15, 0.2) is 34.9 Å². The fourth-order valence-corrected chi connectivity index (χ4v) is 2.36. The summed E-state index contributed by atoms with van der Waals surface area (Å²) in [5.74, 6) is 0.678. The molecular formula is C16H21BrN2O2. The molecule has 1 N–H and O–H groups in total. The molecular weight excluding hydrogens is 332 g/mol. The van der Waals surface area contributed by atoms with Gasteiger partial charge in [-0.2, -0.15) is 5.10 Å². The summed E-state index contributed by atoms with van der Waals surface area (Å²) in [6.07, 6.45) is 2.45. The van der Waals surface area contributed by atoms with Crippen molar-refractivity contribution < 1.29 is 9.84 Å². The van der Waals surface area contributed by atoms with Crippen LogP contribution in [0.5, 0.6) is 5.75 Å². The lowest BCUT2D eigenvalue weighted by Gasteiger charge is -2.13. The smallest absolute Gasteiger partial charge is 0.132 e. The van der Waals surface area contributed by atoms with Gasteiger partial charge in [-0.1, -0.05) is 28.9 Å². The number of nitrogens with zero attached hydrogens (tertiary/aromatic N) is 2. The minimum atomic E-state index is -0.564. The Morgan fingerprint density at radius 3 is 2.76 bits per heavy atom. The fraction of sp³-hybridized carbons (Fsp3) is 0.438. The van der Waals surface area contributed by atoms with E-state index in [1.807, 2.05) is 35.1 Å². The summed E-state index contributed by atoms with van der Waals surface area (Å²) in [6, 6.07) is 7.98. The van der Waals surface area contributed by atoms with Gasteiger partial charge in [-0.15, -0.1) is 0 Å². The largest absolute Gasteiger partial charge is 0.487 e. The molecule has 1 aromatic heterocycles. The lowest BCUT2D eigenvalue weighted by molar-refractivity contribution is 0.189. The highest BCUT2D eigenvalue weighted by atomic mass is 79.9. The maximum Gasteiger partial charge on any atom is 0.132 e. The van der Waals surface area contributed by atoms with Crippen molar-refractivity contribution in [2.24, 2.45) is 0 Å². The summed E-state index contributed by atoms with van der Waals surface area (Å²) in [4.78, 5) is 0. The summed E-state index contributed by atoms with van der Waals surface area (Å²) in [5.41, 5.74) is 1.66. The Balaban J connectivity index is 2.09. The number of hydrogen-bond acceptors (Lipinski definition) is 3. The van der Waals surface area contributed by atoms with Gasteiger partial charge >= 0.3 is 0 Å². The van der Waals surface area contributed by atoms with E-state index in [0.717, 1.165) is 22.2 Å². The van der Waals surface area contributed by atoms with Crippen molar-refractivity contribution in [3.05, 3.63) is 46.2 Å². The number of halogens is 1. The normalized spacial score (nSPS) is 14.0. The van der Waals surface area contributed by atoms with Crippen LogP contribution >= 0.6 is 15.9 Å². The highest BCUT2D eigenvalue weighted by Crippen LogP contribution is 2.29. The van der Waals surface area contributed by atoms with Crippen molar-refractivity contribution in [2.45, 2.75) is 45.9 Å². The van der Waals surface area contributed by atoms with Gasteiger partial charge < -0.3 is 9.84 Å². The van der Waals surface area contributed by atoms with Crippen LogP contribution in [0.2, 0.25) is 0 Å². The Kier molecular flexibility index (Phi) is 5.42. The van der Waals surface area contributed by atoms with E-state index in [9.17, 15) is 5.11 Å². The van der Waals surface area contributed by atoms with Crippen LogP contribution in [-0.2, 0) is 6.61 Å². The third kappa shape index (κ3) is 4.08. The third-order valence-corrected chi connectivity index (χ3v) is 4.00. The van der Waals surface area contributed by atoms with Crippen LogP contribution in [0.3, 0.4) is 0 Å². The van der Waals surface area contributed by atoms with Gasteiger partial charge in [-0.25, -0.2) is 0 Å². The molecule has 21 heavy (non-hydrogen) atoms. The van der Waals surface area contributed by atoms with Gasteiger partial charge in [0.25, 0.3) is 0 Å². The van der Waals surface area contributed by atoms with Gasteiger partial charge in [0, 0.05) is 22.3 Å². The first kappa shape index (κ1) is 16.0. The molecule has 2 atom stereocenters. The third-order valence-electron chi connectivity index (χ3n) is 3.51. The van der Waals surface area contributed by atoms with Crippen molar-refractivity contribution in [2.75, 3.05) is 0 Å². The van der Waals surface area contributed by atoms with Gasteiger partial charge in [0.15, 0.2) is 0 Å². The minimum Gasteiger partial charge on any atom is -0.487 e. The molecule has 4 nitrogen and oxygen atoms in total. The molecule has 0 spiro atoms. The quantitative estimate of drug-likeness (QED) is 0.845. The fourth-order valence-electron chi connectivity index (χ4n) is 2.02.